The van der Waals surface area contributed by atoms with E-state index in [9.17, 15) is 15.3 Å². The molecule has 132 valence electrons. The molecule has 0 aliphatic rings. The smallest absolute Gasteiger partial charge is 0.852 e. The normalized spacial score (nSPS) is 12.4. The first-order chi connectivity index (χ1) is 10.2. The van der Waals surface area contributed by atoms with Gasteiger partial charge in [-0.1, -0.05) is 96.7 Å². The summed E-state index contributed by atoms with van der Waals surface area (Å²) in [5.74, 6) is 0. The molecule has 0 amide bonds. The van der Waals surface area contributed by atoms with Crippen molar-refractivity contribution in [2.75, 3.05) is 0 Å². The Balaban J connectivity index is -0.000000105. The summed E-state index contributed by atoms with van der Waals surface area (Å²) in [5.41, 5.74) is 1.32. The van der Waals surface area contributed by atoms with Gasteiger partial charge in [0.1, 0.15) is 0 Å². The zero-order valence-electron chi connectivity index (χ0n) is 16.0. The molecule has 0 fully saturated rings. The summed E-state index contributed by atoms with van der Waals surface area (Å²) in [6.45, 7) is 12.7. The Kier molecular flexibility index (Phi) is 31.7. The Bertz CT molecular complexity index is 269. The Morgan fingerprint density at radius 3 is 1.00 bits per heavy atom. The van der Waals surface area contributed by atoms with E-state index in [2.05, 4.69) is 19.1 Å². The van der Waals surface area contributed by atoms with Crippen molar-refractivity contribution < 1.29 is 15.3 Å². The molecule has 0 bridgehead atoms. The number of benzene rings is 1. The second-order valence-corrected chi connectivity index (χ2v) is 5.31. The van der Waals surface area contributed by atoms with Gasteiger partial charge in [0.25, 0.3) is 0 Å². The van der Waals surface area contributed by atoms with Gasteiger partial charge in [-0.2, -0.15) is 0 Å². The maximum Gasteiger partial charge on any atom is 3.00 e. The van der Waals surface area contributed by atoms with Crippen LogP contribution in [0.2, 0.25) is 0 Å². The third-order valence-electron chi connectivity index (χ3n) is 2.67. The van der Waals surface area contributed by atoms with Crippen LogP contribution < -0.4 is 15.3 Å². The Labute approximate surface area is 154 Å². The first kappa shape index (κ1) is 30.5. The van der Waals surface area contributed by atoms with E-state index in [0.717, 1.165) is 19.3 Å². The SMILES string of the molecule is CCC(C)[O-].CCC(C)[O-].CCC(C)[O-].Cc1ccccc1.[Al+3]. The van der Waals surface area contributed by atoms with Crippen molar-refractivity contribution in [1.82, 2.24) is 0 Å². The summed E-state index contributed by atoms with van der Waals surface area (Å²) in [5, 5.41) is 29.7. The van der Waals surface area contributed by atoms with Crippen molar-refractivity contribution in [3.63, 3.8) is 0 Å². The van der Waals surface area contributed by atoms with Gasteiger partial charge in [-0.25, -0.2) is 0 Å². The zero-order valence-corrected chi connectivity index (χ0v) is 17.2. The molecular weight excluding hydrogens is 303 g/mol. The predicted molar refractivity (Wildman–Crippen MR) is 96.2 cm³/mol. The van der Waals surface area contributed by atoms with E-state index in [-0.39, 0.29) is 35.7 Å². The maximum absolute atomic E-state index is 9.90. The van der Waals surface area contributed by atoms with Gasteiger partial charge in [0.2, 0.25) is 0 Å². The van der Waals surface area contributed by atoms with Crippen LogP contribution in [0.1, 0.15) is 66.4 Å². The fourth-order valence-corrected chi connectivity index (χ4v) is 0.534. The first-order valence-corrected chi connectivity index (χ1v) is 8.20. The minimum absolute atomic E-state index is 0. The van der Waals surface area contributed by atoms with Gasteiger partial charge in [-0.15, -0.1) is 18.3 Å². The van der Waals surface area contributed by atoms with Crippen LogP contribution >= 0.6 is 0 Å². The summed E-state index contributed by atoms with van der Waals surface area (Å²) in [6.07, 6.45) is 1.15. The van der Waals surface area contributed by atoms with Crippen LogP contribution in [-0.4, -0.2) is 35.7 Å². The molecule has 1 aromatic rings. The van der Waals surface area contributed by atoms with Gasteiger partial charge in [0, 0.05) is 0 Å². The zero-order chi connectivity index (χ0) is 18.0. The first-order valence-electron chi connectivity index (χ1n) is 8.20. The standard InChI is InChI=1S/C7H8.3C4H9O.Al/c1-7-5-3-2-4-6-7;3*1-3-4(2)5;/h2-6H,1H3;3*4H,3H2,1-2H3;/q;3*-1;+3. The molecule has 0 radical (unpaired) electrons. The molecule has 0 heterocycles. The number of rotatable bonds is 3. The van der Waals surface area contributed by atoms with E-state index >= 15 is 0 Å². The molecule has 0 aliphatic carbocycles. The van der Waals surface area contributed by atoms with E-state index in [0.29, 0.717) is 0 Å². The second-order valence-electron chi connectivity index (χ2n) is 5.31. The maximum atomic E-state index is 9.90. The number of hydrogen-bond donors (Lipinski definition) is 0. The number of aryl methyl sites for hydroxylation is 1. The van der Waals surface area contributed by atoms with Crippen LogP contribution in [0.5, 0.6) is 0 Å². The molecule has 3 atom stereocenters. The second kappa shape index (κ2) is 23.9. The van der Waals surface area contributed by atoms with Gasteiger partial charge in [0.15, 0.2) is 0 Å². The third-order valence-corrected chi connectivity index (χ3v) is 2.67. The molecule has 1 aromatic carbocycles. The summed E-state index contributed by atoms with van der Waals surface area (Å²) in [6, 6.07) is 10.3. The van der Waals surface area contributed by atoms with Gasteiger partial charge in [0.05, 0.1) is 0 Å². The molecule has 0 saturated carbocycles. The van der Waals surface area contributed by atoms with Crippen LogP contribution in [0, 0.1) is 6.92 Å². The van der Waals surface area contributed by atoms with Crippen LogP contribution in [-0.2, 0) is 0 Å². The molecule has 0 saturated heterocycles. The van der Waals surface area contributed by atoms with E-state index in [1.165, 1.54) is 5.56 Å². The van der Waals surface area contributed by atoms with Crippen molar-refractivity contribution in [2.24, 2.45) is 0 Å². The molecule has 4 heteroatoms. The van der Waals surface area contributed by atoms with Gasteiger partial charge < -0.3 is 15.3 Å². The summed E-state index contributed by atoms with van der Waals surface area (Å²) >= 11 is 0. The largest absolute Gasteiger partial charge is 3.00 e. The molecule has 0 aromatic heterocycles. The predicted octanol–water partition coefficient (Wildman–Crippen LogP) is 2.05. The van der Waals surface area contributed by atoms with E-state index in [1.807, 2.05) is 39.0 Å². The molecule has 1 rings (SSSR count). The molecule has 23 heavy (non-hydrogen) atoms. The van der Waals surface area contributed by atoms with Gasteiger partial charge in [-0.3, -0.25) is 0 Å². The molecule has 3 unspecified atom stereocenters. The van der Waals surface area contributed by atoms with Crippen molar-refractivity contribution in [2.45, 2.75) is 86.0 Å². The van der Waals surface area contributed by atoms with E-state index in [1.54, 1.807) is 20.8 Å². The van der Waals surface area contributed by atoms with Crippen molar-refractivity contribution in [1.29, 1.82) is 0 Å². The monoisotopic (exact) mass is 338 g/mol. The fourth-order valence-electron chi connectivity index (χ4n) is 0.534. The van der Waals surface area contributed by atoms with E-state index in [4.69, 9.17) is 0 Å². The van der Waals surface area contributed by atoms with Crippen molar-refractivity contribution in [3.05, 3.63) is 35.9 Å². The molecular formula is C19H35AlO3. The van der Waals surface area contributed by atoms with E-state index < -0.39 is 0 Å². The average molecular weight is 338 g/mol. The molecule has 0 N–H and O–H groups in total. The molecule has 3 nitrogen and oxygen atoms in total. The minimum Gasteiger partial charge on any atom is -0.852 e. The molecule has 0 spiro atoms. The summed E-state index contributed by atoms with van der Waals surface area (Å²) in [7, 11) is 0. The summed E-state index contributed by atoms with van der Waals surface area (Å²) in [4.78, 5) is 0. The summed E-state index contributed by atoms with van der Waals surface area (Å²) < 4.78 is 0. The van der Waals surface area contributed by atoms with Crippen LogP contribution in [0.15, 0.2) is 30.3 Å². The van der Waals surface area contributed by atoms with Crippen molar-refractivity contribution >= 4 is 17.4 Å². The Morgan fingerprint density at radius 2 is 0.913 bits per heavy atom. The van der Waals surface area contributed by atoms with Crippen LogP contribution in [0.4, 0.5) is 0 Å². The topological polar surface area (TPSA) is 69.2 Å². The van der Waals surface area contributed by atoms with Crippen LogP contribution in [0.3, 0.4) is 0 Å². The third kappa shape index (κ3) is 44.9. The Hall–Kier alpha value is -0.368. The van der Waals surface area contributed by atoms with Crippen LogP contribution in [0.25, 0.3) is 0 Å². The average Bonchev–Trinajstić information content (AvgIpc) is 2.49. The van der Waals surface area contributed by atoms with Crippen molar-refractivity contribution in [3.8, 4) is 0 Å². The van der Waals surface area contributed by atoms with Gasteiger partial charge >= 0.3 is 17.4 Å². The molecule has 0 aliphatic heterocycles. The van der Waals surface area contributed by atoms with Gasteiger partial charge in [-0.05, 0) is 6.92 Å². The Morgan fingerprint density at radius 1 is 0.696 bits per heavy atom. The quantitative estimate of drug-likeness (QED) is 0.792. The fraction of sp³-hybridized carbons (Fsp3) is 0.684. The number of hydrogen-bond acceptors (Lipinski definition) is 3. The minimum atomic E-state index is -0.366.